The topological polar surface area (TPSA) is 40.7 Å². The first-order valence-electron chi connectivity index (χ1n) is 6.43. The summed E-state index contributed by atoms with van der Waals surface area (Å²) < 4.78 is 0. The van der Waals surface area contributed by atoms with Crippen LogP contribution < -0.4 is 5.32 Å². The summed E-state index contributed by atoms with van der Waals surface area (Å²) in [6.07, 6.45) is 5.12. The van der Waals surface area contributed by atoms with E-state index < -0.39 is 0 Å². The van der Waals surface area contributed by atoms with Crippen LogP contribution in [0, 0.1) is 5.92 Å². The van der Waals surface area contributed by atoms with Crippen molar-refractivity contribution in [2.75, 3.05) is 7.05 Å². The maximum absolute atomic E-state index is 4.54. The summed E-state index contributed by atoms with van der Waals surface area (Å²) in [6.45, 7) is 5.46. The van der Waals surface area contributed by atoms with Gasteiger partial charge in [-0.1, -0.05) is 20.3 Å². The van der Waals surface area contributed by atoms with E-state index in [2.05, 4.69) is 29.4 Å². The fourth-order valence-corrected chi connectivity index (χ4v) is 2.39. The molecule has 0 amide bonds. The molecule has 0 bridgehead atoms. The number of hydrogen-bond acceptors (Lipinski definition) is 2. The molecule has 3 heteroatoms. The molecule has 0 spiro atoms. The predicted octanol–water partition coefficient (Wildman–Crippen LogP) is 2.60. The van der Waals surface area contributed by atoms with Crippen molar-refractivity contribution in [2.45, 2.75) is 52.0 Å². The number of hydrogen-bond donors (Lipinski definition) is 2. The van der Waals surface area contributed by atoms with Crippen molar-refractivity contribution in [2.24, 2.45) is 5.92 Å². The summed E-state index contributed by atoms with van der Waals surface area (Å²) in [5.41, 5.74) is 4.10. The quantitative estimate of drug-likeness (QED) is 0.802. The average molecular weight is 221 g/mol. The first-order valence-corrected chi connectivity index (χ1v) is 6.43. The van der Waals surface area contributed by atoms with E-state index in [0.717, 1.165) is 18.9 Å². The number of H-pyrrole nitrogens is 1. The Labute approximate surface area is 98.0 Å². The largest absolute Gasteiger partial charge is 0.316 e. The van der Waals surface area contributed by atoms with Crippen LogP contribution >= 0.6 is 0 Å². The monoisotopic (exact) mass is 221 g/mol. The third-order valence-electron chi connectivity index (χ3n) is 3.44. The molecule has 1 aromatic rings. The Bertz CT molecular complexity index is 337. The zero-order chi connectivity index (χ0) is 11.5. The fourth-order valence-electron chi connectivity index (χ4n) is 2.39. The van der Waals surface area contributed by atoms with Crippen molar-refractivity contribution in [1.82, 2.24) is 15.5 Å². The van der Waals surface area contributed by atoms with Gasteiger partial charge in [-0.2, -0.15) is 5.10 Å². The van der Waals surface area contributed by atoms with Gasteiger partial charge in [-0.3, -0.25) is 5.10 Å². The first-order chi connectivity index (χ1) is 7.72. The second kappa shape index (κ2) is 5.00. The average Bonchev–Trinajstić information content (AvgIpc) is 2.48. The lowest BCUT2D eigenvalue weighted by atomic mass is 9.81. The molecular formula is C13H23N3. The van der Waals surface area contributed by atoms with Crippen LogP contribution in [0.3, 0.4) is 0 Å². The Morgan fingerprint density at radius 2 is 2.19 bits per heavy atom. The summed E-state index contributed by atoms with van der Waals surface area (Å²) in [4.78, 5) is 0. The summed E-state index contributed by atoms with van der Waals surface area (Å²) >= 11 is 0. The van der Waals surface area contributed by atoms with Crippen LogP contribution in [0.4, 0.5) is 0 Å². The van der Waals surface area contributed by atoms with E-state index in [1.54, 1.807) is 0 Å². The van der Waals surface area contributed by atoms with Crippen molar-refractivity contribution in [3.05, 3.63) is 17.0 Å². The van der Waals surface area contributed by atoms with E-state index >= 15 is 0 Å². The van der Waals surface area contributed by atoms with E-state index in [-0.39, 0.29) is 0 Å². The molecule has 0 aromatic carbocycles. The minimum Gasteiger partial charge on any atom is -0.316 e. The SMILES string of the molecule is CNCc1c(C2CCC2)n[nH]c1CC(C)C. The normalized spacial score (nSPS) is 16.8. The summed E-state index contributed by atoms with van der Waals surface area (Å²) in [6, 6.07) is 0. The molecule has 0 saturated heterocycles. The molecule has 0 unspecified atom stereocenters. The number of aromatic amines is 1. The van der Waals surface area contributed by atoms with Gasteiger partial charge < -0.3 is 5.32 Å². The van der Waals surface area contributed by atoms with Crippen molar-refractivity contribution in [1.29, 1.82) is 0 Å². The molecule has 0 radical (unpaired) electrons. The van der Waals surface area contributed by atoms with Gasteiger partial charge in [-0.05, 0) is 32.2 Å². The molecule has 2 rings (SSSR count). The lowest BCUT2D eigenvalue weighted by molar-refractivity contribution is 0.407. The molecule has 2 N–H and O–H groups in total. The van der Waals surface area contributed by atoms with Crippen molar-refractivity contribution < 1.29 is 0 Å². The maximum Gasteiger partial charge on any atom is 0.0700 e. The van der Waals surface area contributed by atoms with Gasteiger partial charge in [0.15, 0.2) is 0 Å². The van der Waals surface area contributed by atoms with E-state index in [4.69, 9.17) is 0 Å². The van der Waals surface area contributed by atoms with Crippen molar-refractivity contribution in [3.8, 4) is 0 Å². The minimum absolute atomic E-state index is 0.685. The van der Waals surface area contributed by atoms with E-state index in [0.29, 0.717) is 5.92 Å². The van der Waals surface area contributed by atoms with Crippen LogP contribution in [0.5, 0.6) is 0 Å². The summed E-state index contributed by atoms with van der Waals surface area (Å²) in [5.74, 6) is 1.41. The van der Waals surface area contributed by atoms with E-state index in [9.17, 15) is 0 Å². The molecule has 0 atom stereocenters. The van der Waals surface area contributed by atoms with Gasteiger partial charge in [-0.25, -0.2) is 0 Å². The minimum atomic E-state index is 0.685. The van der Waals surface area contributed by atoms with Crippen LogP contribution in [0.25, 0.3) is 0 Å². The Hall–Kier alpha value is -0.830. The van der Waals surface area contributed by atoms with Gasteiger partial charge >= 0.3 is 0 Å². The lowest BCUT2D eigenvalue weighted by Gasteiger charge is -2.24. The Balaban J connectivity index is 2.19. The van der Waals surface area contributed by atoms with Crippen LogP contribution in [-0.4, -0.2) is 17.2 Å². The molecule has 1 heterocycles. The summed E-state index contributed by atoms with van der Waals surface area (Å²) in [7, 11) is 2.01. The zero-order valence-corrected chi connectivity index (χ0v) is 10.6. The van der Waals surface area contributed by atoms with Gasteiger partial charge in [0.25, 0.3) is 0 Å². The highest BCUT2D eigenvalue weighted by molar-refractivity contribution is 5.29. The lowest BCUT2D eigenvalue weighted by Crippen LogP contribution is -2.15. The molecule has 1 aliphatic rings. The van der Waals surface area contributed by atoms with Gasteiger partial charge in [0, 0.05) is 23.7 Å². The Kier molecular flexibility index (Phi) is 3.64. The standard InChI is InChI=1S/C13H23N3/c1-9(2)7-12-11(8-14-3)13(16-15-12)10-5-4-6-10/h9-10,14H,4-8H2,1-3H3,(H,15,16). The van der Waals surface area contributed by atoms with E-state index in [1.807, 2.05) is 7.05 Å². The second-order valence-corrected chi connectivity index (χ2v) is 5.32. The van der Waals surface area contributed by atoms with Crippen LogP contribution in [0.1, 0.15) is 56.0 Å². The van der Waals surface area contributed by atoms with Gasteiger partial charge in [0.1, 0.15) is 0 Å². The third kappa shape index (κ3) is 2.29. The smallest absolute Gasteiger partial charge is 0.0700 e. The fraction of sp³-hybridized carbons (Fsp3) is 0.769. The molecule has 1 saturated carbocycles. The molecule has 1 fully saturated rings. The Morgan fingerprint density at radius 3 is 2.69 bits per heavy atom. The Morgan fingerprint density at radius 1 is 1.44 bits per heavy atom. The summed E-state index contributed by atoms with van der Waals surface area (Å²) in [5, 5.41) is 11.1. The molecule has 90 valence electrons. The maximum atomic E-state index is 4.54. The zero-order valence-electron chi connectivity index (χ0n) is 10.6. The molecular weight excluding hydrogens is 198 g/mol. The van der Waals surface area contributed by atoms with Crippen LogP contribution in [0.2, 0.25) is 0 Å². The van der Waals surface area contributed by atoms with Crippen LogP contribution in [0.15, 0.2) is 0 Å². The first kappa shape index (κ1) is 11.6. The van der Waals surface area contributed by atoms with Gasteiger partial charge in [-0.15, -0.1) is 0 Å². The highest BCUT2D eigenvalue weighted by atomic mass is 15.1. The highest BCUT2D eigenvalue weighted by Crippen LogP contribution is 2.37. The molecule has 1 aromatic heterocycles. The number of nitrogens with zero attached hydrogens (tertiary/aromatic N) is 1. The van der Waals surface area contributed by atoms with Crippen molar-refractivity contribution in [3.63, 3.8) is 0 Å². The molecule has 16 heavy (non-hydrogen) atoms. The molecule has 0 aliphatic heterocycles. The number of aromatic nitrogens is 2. The third-order valence-corrected chi connectivity index (χ3v) is 3.44. The van der Waals surface area contributed by atoms with Crippen molar-refractivity contribution >= 4 is 0 Å². The van der Waals surface area contributed by atoms with Gasteiger partial charge in [0.05, 0.1) is 5.69 Å². The predicted molar refractivity (Wildman–Crippen MR) is 66.5 cm³/mol. The van der Waals surface area contributed by atoms with Crippen LogP contribution in [-0.2, 0) is 13.0 Å². The molecule has 1 aliphatic carbocycles. The number of rotatable bonds is 5. The second-order valence-electron chi connectivity index (χ2n) is 5.32. The highest BCUT2D eigenvalue weighted by Gasteiger charge is 2.26. The molecule has 3 nitrogen and oxygen atoms in total. The number of nitrogens with one attached hydrogen (secondary N) is 2. The van der Waals surface area contributed by atoms with E-state index in [1.165, 1.54) is 36.2 Å². The van der Waals surface area contributed by atoms with Gasteiger partial charge in [0.2, 0.25) is 0 Å².